The van der Waals surface area contributed by atoms with Crippen LogP contribution in [-0.2, 0) is 0 Å². The summed E-state index contributed by atoms with van der Waals surface area (Å²) in [7, 11) is -0.342. The second-order valence-corrected chi connectivity index (χ2v) is 12.3. The normalized spacial score (nSPS) is 12.9. The van der Waals surface area contributed by atoms with Crippen LogP contribution >= 0.6 is 9.24 Å². The first-order chi connectivity index (χ1) is 10.6. The minimum absolute atomic E-state index is 0.417. The lowest BCUT2D eigenvalue weighted by Crippen LogP contribution is -2.25. The summed E-state index contributed by atoms with van der Waals surface area (Å²) >= 11 is 0. The molecule has 128 valence electrons. The molecule has 0 aromatic heterocycles. The standard InChI is InChI=1S/2C7H10OSi.C4H11P/c2*1-9(8)7-5-3-2-4-6-7;1-4(2,3)5/h2*2-6,8-9H,1H3;5H2,1-3H3. The SMILES string of the molecule is CC(C)(C)P.C[SiH](O)c1ccccc1.C[SiH](O)c1ccccc1. The van der Waals surface area contributed by atoms with E-state index in [0.717, 1.165) is 10.4 Å². The molecule has 2 aromatic rings. The molecular formula is C18H31O2PSi2. The van der Waals surface area contributed by atoms with Crippen LogP contribution in [0.3, 0.4) is 0 Å². The van der Waals surface area contributed by atoms with Crippen LogP contribution in [0.2, 0.25) is 13.1 Å². The summed E-state index contributed by atoms with van der Waals surface area (Å²) in [5.41, 5.74) is 0. The van der Waals surface area contributed by atoms with E-state index >= 15 is 0 Å². The Labute approximate surface area is 147 Å². The van der Waals surface area contributed by atoms with Crippen molar-refractivity contribution in [2.24, 2.45) is 0 Å². The minimum atomic E-state index is -1.53. The Kier molecular flexibility index (Phi) is 11.3. The monoisotopic (exact) mass is 366 g/mol. The van der Waals surface area contributed by atoms with Crippen molar-refractivity contribution in [3.63, 3.8) is 0 Å². The highest BCUT2D eigenvalue weighted by atomic mass is 31.0. The minimum Gasteiger partial charge on any atom is -0.431 e. The van der Waals surface area contributed by atoms with Crippen LogP contribution in [0.15, 0.2) is 60.7 Å². The van der Waals surface area contributed by atoms with E-state index in [4.69, 9.17) is 9.59 Å². The molecule has 2 nitrogen and oxygen atoms in total. The van der Waals surface area contributed by atoms with E-state index in [2.05, 4.69) is 30.0 Å². The van der Waals surface area contributed by atoms with Crippen LogP contribution in [0.25, 0.3) is 0 Å². The van der Waals surface area contributed by atoms with Crippen molar-refractivity contribution in [3.05, 3.63) is 60.7 Å². The predicted molar refractivity (Wildman–Crippen MR) is 112 cm³/mol. The molecule has 2 rings (SSSR count). The lowest BCUT2D eigenvalue weighted by atomic mass is 10.3. The number of hydrogen-bond acceptors (Lipinski definition) is 2. The van der Waals surface area contributed by atoms with E-state index in [1.54, 1.807) is 0 Å². The van der Waals surface area contributed by atoms with Crippen LogP contribution in [0.1, 0.15) is 20.8 Å². The van der Waals surface area contributed by atoms with Gasteiger partial charge < -0.3 is 9.59 Å². The first-order valence-corrected chi connectivity index (χ1v) is 12.9. The molecule has 2 aromatic carbocycles. The maximum absolute atomic E-state index is 9.16. The Morgan fingerprint density at radius 3 is 1.04 bits per heavy atom. The molecule has 2 N–H and O–H groups in total. The molecule has 0 fully saturated rings. The third-order valence-corrected chi connectivity index (χ3v) is 5.26. The van der Waals surface area contributed by atoms with Gasteiger partial charge in [-0.2, -0.15) is 0 Å². The maximum atomic E-state index is 9.16. The van der Waals surface area contributed by atoms with Gasteiger partial charge >= 0.3 is 0 Å². The molecule has 0 saturated carbocycles. The second-order valence-electron chi connectivity index (χ2n) is 6.54. The third-order valence-electron chi connectivity index (χ3n) is 2.56. The van der Waals surface area contributed by atoms with Crippen molar-refractivity contribution in [2.75, 3.05) is 0 Å². The topological polar surface area (TPSA) is 40.5 Å². The fourth-order valence-corrected chi connectivity index (χ4v) is 3.02. The Morgan fingerprint density at radius 2 is 0.913 bits per heavy atom. The Balaban J connectivity index is 0.000000332. The summed E-state index contributed by atoms with van der Waals surface area (Å²) < 4.78 is 0. The smallest absolute Gasteiger partial charge is 0.201 e. The van der Waals surface area contributed by atoms with E-state index in [-0.39, 0.29) is 0 Å². The first kappa shape index (κ1) is 22.2. The fraction of sp³-hybridized carbons (Fsp3) is 0.333. The molecule has 0 aliphatic carbocycles. The van der Waals surface area contributed by atoms with Gasteiger partial charge in [-0.3, -0.25) is 0 Å². The predicted octanol–water partition coefficient (Wildman–Crippen LogP) is 2.14. The third kappa shape index (κ3) is 14.5. The Morgan fingerprint density at radius 1 is 0.696 bits per heavy atom. The highest BCUT2D eigenvalue weighted by Crippen LogP contribution is 2.12. The second kappa shape index (κ2) is 11.7. The van der Waals surface area contributed by atoms with E-state index in [9.17, 15) is 0 Å². The molecule has 0 amide bonds. The number of hydrogen-bond donors (Lipinski definition) is 2. The van der Waals surface area contributed by atoms with Crippen LogP contribution in [-0.4, -0.2) is 32.8 Å². The molecule has 3 unspecified atom stereocenters. The summed E-state index contributed by atoms with van der Waals surface area (Å²) in [5, 5.41) is 2.63. The van der Waals surface area contributed by atoms with Gasteiger partial charge in [-0.05, 0) is 28.6 Å². The number of rotatable bonds is 2. The molecule has 0 radical (unpaired) electrons. The van der Waals surface area contributed by atoms with Crippen LogP contribution in [0.5, 0.6) is 0 Å². The Bertz CT molecular complexity index is 462. The molecule has 23 heavy (non-hydrogen) atoms. The van der Waals surface area contributed by atoms with Gasteiger partial charge in [0, 0.05) is 0 Å². The van der Waals surface area contributed by atoms with Crippen molar-refractivity contribution in [1.29, 1.82) is 0 Å². The van der Waals surface area contributed by atoms with Crippen LogP contribution < -0.4 is 10.4 Å². The van der Waals surface area contributed by atoms with Gasteiger partial charge in [0.1, 0.15) is 0 Å². The molecule has 5 heteroatoms. The lowest BCUT2D eigenvalue weighted by molar-refractivity contribution is 0.593. The average Bonchev–Trinajstić information content (AvgIpc) is 2.48. The quantitative estimate of drug-likeness (QED) is 0.631. The van der Waals surface area contributed by atoms with Gasteiger partial charge in [-0.15, -0.1) is 9.24 Å². The zero-order valence-corrected chi connectivity index (χ0v) is 18.4. The van der Waals surface area contributed by atoms with Gasteiger partial charge in [-0.1, -0.05) is 81.4 Å². The van der Waals surface area contributed by atoms with Gasteiger partial charge in [0.2, 0.25) is 18.1 Å². The zero-order valence-electron chi connectivity index (χ0n) is 14.9. The molecule has 0 spiro atoms. The summed E-state index contributed by atoms with van der Waals surface area (Å²) in [6, 6.07) is 19.6. The molecule has 0 heterocycles. The summed E-state index contributed by atoms with van der Waals surface area (Å²) in [6.07, 6.45) is 0. The molecule has 0 aliphatic heterocycles. The van der Waals surface area contributed by atoms with E-state index in [1.165, 1.54) is 0 Å². The van der Waals surface area contributed by atoms with Crippen LogP contribution in [0.4, 0.5) is 0 Å². The summed E-state index contributed by atoms with van der Waals surface area (Å²) in [5.74, 6) is 0. The summed E-state index contributed by atoms with van der Waals surface area (Å²) in [6.45, 7) is 10.2. The van der Waals surface area contributed by atoms with E-state index < -0.39 is 18.1 Å². The van der Waals surface area contributed by atoms with Gasteiger partial charge in [-0.25, -0.2) is 0 Å². The summed E-state index contributed by atoms with van der Waals surface area (Å²) in [4.78, 5) is 18.3. The fourth-order valence-electron chi connectivity index (χ4n) is 1.46. The van der Waals surface area contributed by atoms with E-state index in [1.807, 2.05) is 73.8 Å². The molecule has 0 bridgehead atoms. The first-order valence-electron chi connectivity index (χ1n) is 7.86. The van der Waals surface area contributed by atoms with Crippen molar-refractivity contribution < 1.29 is 9.59 Å². The highest BCUT2D eigenvalue weighted by Gasteiger charge is 1.99. The number of benzene rings is 2. The van der Waals surface area contributed by atoms with Gasteiger partial charge in [0.15, 0.2) is 0 Å². The molecule has 0 saturated heterocycles. The lowest BCUT2D eigenvalue weighted by Gasteiger charge is -2.05. The average molecular weight is 367 g/mol. The van der Waals surface area contributed by atoms with Gasteiger partial charge in [0.25, 0.3) is 0 Å². The molecule has 3 atom stereocenters. The van der Waals surface area contributed by atoms with Gasteiger partial charge in [0.05, 0.1) is 0 Å². The van der Waals surface area contributed by atoms with Crippen molar-refractivity contribution in [2.45, 2.75) is 39.0 Å². The Hall–Kier alpha value is -0.776. The maximum Gasteiger partial charge on any atom is 0.201 e. The highest BCUT2D eigenvalue weighted by molar-refractivity contribution is 7.18. The van der Waals surface area contributed by atoms with Crippen molar-refractivity contribution in [3.8, 4) is 0 Å². The van der Waals surface area contributed by atoms with Crippen molar-refractivity contribution in [1.82, 2.24) is 0 Å². The molecular weight excluding hydrogens is 335 g/mol. The van der Waals surface area contributed by atoms with E-state index in [0.29, 0.717) is 5.16 Å². The van der Waals surface area contributed by atoms with Crippen LogP contribution in [0, 0.1) is 0 Å². The molecule has 0 aliphatic rings. The largest absolute Gasteiger partial charge is 0.431 e. The van der Waals surface area contributed by atoms with Crippen molar-refractivity contribution >= 4 is 37.7 Å². The zero-order chi connectivity index (χ0) is 17.9.